The van der Waals surface area contributed by atoms with E-state index in [4.69, 9.17) is 19.9 Å². The smallest absolute Gasteiger partial charge is 0.410 e. The number of piperidine rings is 2. The van der Waals surface area contributed by atoms with Gasteiger partial charge in [-0.05, 0) is 95.8 Å². The normalized spacial score (nSPS) is 27.1. The van der Waals surface area contributed by atoms with Crippen LogP contribution in [-0.4, -0.2) is 98.1 Å². The van der Waals surface area contributed by atoms with Gasteiger partial charge in [-0.1, -0.05) is 30.3 Å². The molecule has 4 heterocycles. The summed E-state index contributed by atoms with van der Waals surface area (Å²) in [6.07, 6.45) is 4.75. The largest absolute Gasteiger partial charge is 0.445 e. The van der Waals surface area contributed by atoms with E-state index in [1.54, 1.807) is 9.58 Å². The minimum atomic E-state index is -0.528. The van der Waals surface area contributed by atoms with Gasteiger partial charge in [-0.3, -0.25) is 9.36 Å². The zero-order valence-electron chi connectivity index (χ0n) is 33.1. The van der Waals surface area contributed by atoms with Crippen LogP contribution < -0.4 is 11.1 Å². The predicted octanol–water partition coefficient (Wildman–Crippen LogP) is 4.97. The Hall–Kier alpha value is -4.59. The molecule has 2 aromatic heterocycles. The fraction of sp³-hybridized carbons (Fsp3) is 0.625. The average molecular weight is 747 g/mol. The van der Waals surface area contributed by atoms with E-state index in [9.17, 15) is 14.4 Å². The minimum Gasteiger partial charge on any atom is -0.445 e. The van der Waals surface area contributed by atoms with Crippen molar-refractivity contribution < 1.29 is 28.6 Å². The van der Waals surface area contributed by atoms with Crippen LogP contribution in [0.4, 0.5) is 14.4 Å². The first-order valence-electron chi connectivity index (χ1n) is 19.1. The Morgan fingerprint density at radius 3 is 1.70 bits per heavy atom. The molecule has 0 bridgehead atoms. The molecule has 2 saturated heterocycles. The van der Waals surface area contributed by atoms with Crippen LogP contribution >= 0.6 is 0 Å². The first-order chi connectivity index (χ1) is 25.5. The van der Waals surface area contributed by atoms with Crippen LogP contribution in [0, 0.1) is 23.7 Å². The summed E-state index contributed by atoms with van der Waals surface area (Å²) in [5, 5.41) is 12.2. The third-order valence-electron chi connectivity index (χ3n) is 11.4. The Labute approximate surface area is 318 Å². The number of fused-ring (bicyclic) bond motifs is 2. The molecule has 4 aliphatic rings. The first-order valence-corrected chi connectivity index (χ1v) is 19.1. The lowest BCUT2D eigenvalue weighted by Gasteiger charge is -2.29. The maximum absolute atomic E-state index is 12.6. The zero-order valence-corrected chi connectivity index (χ0v) is 33.1. The number of hydrogen-bond acceptors (Lipinski definition) is 9. The van der Waals surface area contributed by atoms with Crippen LogP contribution in [0.3, 0.4) is 0 Å². The van der Waals surface area contributed by atoms with Crippen LogP contribution in [0.15, 0.2) is 54.9 Å². The molecule has 2 saturated carbocycles. The third kappa shape index (κ3) is 8.23. The molecule has 0 radical (unpaired) electrons. The van der Waals surface area contributed by atoms with Crippen molar-refractivity contribution in [3.63, 3.8) is 0 Å². The first kappa shape index (κ1) is 39.1. The van der Waals surface area contributed by atoms with Crippen molar-refractivity contribution in [2.75, 3.05) is 39.3 Å². The van der Waals surface area contributed by atoms with E-state index in [-0.39, 0.29) is 35.5 Å². The van der Waals surface area contributed by atoms with Crippen molar-refractivity contribution in [1.29, 1.82) is 0 Å². The van der Waals surface area contributed by atoms with Crippen molar-refractivity contribution in [3.05, 3.63) is 71.8 Å². The molecule has 2 aliphatic carbocycles. The second kappa shape index (κ2) is 14.9. The summed E-state index contributed by atoms with van der Waals surface area (Å²) in [5.41, 5.74) is 7.72. The molecule has 4 fully saturated rings. The highest BCUT2D eigenvalue weighted by Crippen LogP contribution is 2.63. The Balaban J connectivity index is 0.000000197. The highest BCUT2D eigenvalue weighted by molar-refractivity contribution is 5.70. The molecule has 294 valence electrons. The van der Waals surface area contributed by atoms with Gasteiger partial charge in [0.05, 0.1) is 11.4 Å². The van der Waals surface area contributed by atoms with Gasteiger partial charge in [0.15, 0.2) is 0 Å². The Morgan fingerprint density at radius 1 is 0.759 bits per heavy atom. The highest BCUT2D eigenvalue weighted by Gasteiger charge is 2.69. The Bertz CT molecular complexity index is 1800. The fourth-order valence-corrected chi connectivity index (χ4v) is 8.78. The lowest BCUT2D eigenvalue weighted by atomic mass is 9.97. The SMILES string of the molecule is Cn1ccc(C2(CN)C3CCN(C(=O)OC(C)(C)C)CC32)n1.Cn1ccc(C2(CNC(=O)OCc3ccccc3)C3CCN(C(=O)OC(C)(C)C)CC32)n1. The molecule has 54 heavy (non-hydrogen) atoms. The van der Waals surface area contributed by atoms with Crippen molar-refractivity contribution in [2.24, 2.45) is 43.5 Å². The van der Waals surface area contributed by atoms with E-state index in [1.807, 2.05) is 114 Å². The van der Waals surface area contributed by atoms with Crippen molar-refractivity contribution in [3.8, 4) is 0 Å². The van der Waals surface area contributed by atoms with Gasteiger partial charge in [0.2, 0.25) is 0 Å². The Kier molecular flexibility index (Phi) is 10.8. The minimum absolute atomic E-state index is 0.0575. The van der Waals surface area contributed by atoms with Gasteiger partial charge in [0, 0.05) is 76.6 Å². The summed E-state index contributed by atoms with van der Waals surface area (Å²) in [6, 6.07) is 13.7. The van der Waals surface area contributed by atoms with Gasteiger partial charge in [0.1, 0.15) is 17.8 Å². The number of benzene rings is 1. The number of nitrogens with zero attached hydrogens (tertiary/aromatic N) is 6. The highest BCUT2D eigenvalue weighted by atomic mass is 16.6. The fourth-order valence-electron chi connectivity index (χ4n) is 8.78. The lowest BCUT2D eigenvalue weighted by molar-refractivity contribution is 0.0196. The third-order valence-corrected chi connectivity index (χ3v) is 11.4. The number of alkyl carbamates (subject to hydrolysis) is 1. The van der Waals surface area contributed by atoms with Crippen LogP contribution in [-0.2, 0) is 45.7 Å². The second-order valence-electron chi connectivity index (χ2n) is 17.3. The number of nitrogens with one attached hydrogen (secondary N) is 1. The molecule has 0 spiro atoms. The summed E-state index contributed by atoms with van der Waals surface area (Å²) in [4.78, 5) is 40.9. The molecule has 1 aromatic carbocycles. The van der Waals surface area contributed by atoms with E-state index in [1.165, 1.54) is 0 Å². The number of aromatic nitrogens is 4. The number of hydrogen-bond donors (Lipinski definition) is 2. The molecule has 6 atom stereocenters. The van der Waals surface area contributed by atoms with Crippen LogP contribution in [0.1, 0.15) is 71.3 Å². The molecular formula is C40H58N8O6. The summed E-state index contributed by atoms with van der Waals surface area (Å²) in [7, 11) is 3.81. The van der Waals surface area contributed by atoms with Crippen molar-refractivity contribution in [1.82, 2.24) is 34.7 Å². The van der Waals surface area contributed by atoms with E-state index < -0.39 is 17.3 Å². The van der Waals surface area contributed by atoms with E-state index in [2.05, 4.69) is 21.6 Å². The quantitative estimate of drug-likeness (QED) is 0.318. The number of carbonyl (C=O) groups is 3. The van der Waals surface area contributed by atoms with Gasteiger partial charge < -0.3 is 35.1 Å². The van der Waals surface area contributed by atoms with Crippen molar-refractivity contribution >= 4 is 18.3 Å². The van der Waals surface area contributed by atoms with E-state index >= 15 is 0 Å². The molecular weight excluding hydrogens is 688 g/mol. The molecule has 3 N–H and O–H groups in total. The maximum atomic E-state index is 12.6. The molecule has 3 aromatic rings. The standard InChI is InChI=1S/C24H32N4O4.C16H26N4O2/c1-23(2,3)32-22(30)28-13-10-18-19(14-28)24(18,20-11-12-27(4)26-20)16-25-21(29)31-15-17-8-6-5-7-9-17;1-15(2,3)22-14(21)20-8-5-11-12(9-20)16(11,10-17)13-6-7-19(4)18-13/h5-9,11-12,18-19H,10,13-16H2,1-4H3,(H,25,29);6-7,11-12H,5,8-10,17H2,1-4H3. The number of amides is 3. The summed E-state index contributed by atoms with van der Waals surface area (Å²) >= 11 is 0. The molecule has 14 nitrogen and oxygen atoms in total. The number of carbonyl (C=O) groups excluding carboxylic acids is 3. The maximum Gasteiger partial charge on any atom is 0.410 e. The average Bonchev–Trinajstić information content (AvgIpc) is 3.77. The number of rotatable bonds is 7. The van der Waals surface area contributed by atoms with E-state index in [0.717, 1.165) is 36.3 Å². The summed E-state index contributed by atoms with van der Waals surface area (Å²) in [5.74, 6) is 1.50. The van der Waals surface area contributed by atoms with Crippen LogP contribution in [0.5, 0.6) is 0 Å². The predicted molar refractivity (Wildman–Crippen MR) is 202 cm³/mol. The summed E-state index contributed by atoms with van der Waals surface area (Å²) < 4.78 is 20.1. The van der Waals surface area contributed by atoms with Gasteiger partial charge in [-0.2, -0.15) is 10.2 Å². The monoisotopic (exact) mass is 746 g/mol. The topological polar surface area (TPSA) is 159 Å². The van der Waals surface area contributed by atoms with Crippen molar-refractivity contribution in [2.45, 2.75) is 83.0 Å². The molecule has 2 aliphatic heterocycles. The molecule has 7 rings (SSSR count). The number of nitrogens with two attached hydrogens (primary N) is 1. The zero-order chi connectivity index (χ0) is 39.1. The summed E-state index contributed by atoms with van der Waals surface area (Å²) in [6.45, 7) is 15.2. The molecule has 6 unspecified atom stereocenters. The van der Waals surface area contributed by atoms with Crippen LogP contribution in [0.2, 0.25) is 0 Å². The van der Waals surface area contributed by atoms with Gasteiger partial charge in [0.25, 0.3) is 0 Å². The van der Waals surface area contributed by atoms with E-state index in [0.29, 0.717) is 50.5 Å². The Morgan fingerprint density at radius 2 is 1.24 bits per heavy atom. The van der Waals surface area contributed by atoms with Crippen LogP contribution in [0.25, 0.3) is 0 Å². The van der Waals surface area contributed by atoms with Gasteiger partial charge >= 0.3 is 18.3 Å². The number of ether oxygens (including phenoxy) is 3. The van der Waals surface area contributed by atoms with Gasteiger partial charge in [-0.25, -0.2) is 14.4 Å². The lowest BCUT2D eigenvalue weighted by Crippen LogP contribution is -2.41. The van der Waals surface area contributed by atoms with Gasteiger partial charge in [-0.15, -0.1) is 0 Å². The number of likely N-dealkylation sites (tertiary alicyclic amines) is 2. The second-order valence-corrected chi connectivity index (χ2v) is 17.3. The number of aryl methyl sites for hydroxylation is 2. The molecule has 14 heteroatoms. The molecule has 3 amide bonds.